The van der Waals surface area contributed by atoms with Crippen LogP contribution in [0.5, 0.6) is 0 Å². The van der Waals surface area contributed by atoms with Crippen molar-refractivity contribution in [2.45, 2.75) is 33.2 Å². The maximum Gasteiger partial charge on any atom is 0.253 e. The quantitative estimate of drug-likeness (QED) is 0.884. The molecule has 1 heterocycles. The lowest BCUT2D eigenvalue weighted by molar-refractivity contribution is 0.0911. The highest BCUT2D eigenvalue weighted by molar-refractivity contribution is 6.42. The zero-order valence-electron chi connectivity index (χ0n) is 13.0. The van der Waals surface area contributed by atoms with Crippen LogP contribution in [0, 0.1) is 13.8 Å². The molecule has 0 radical (unpaired) electrons. The molecule has 0 spiro atoms. The zero-order chi connectivity index (χ0) is 16.5. The predicted octanol–water partition coefficient (Wildman–Crippen LogP) is 4.67. The summed E-state index contributed by atoms with van der Waals surface area (Å²) in [4.78, 5) is 16.8. The minimum atomic E-state index is -0.581. The van der Waals surface area contributed by atoms with Crippen molar-refractivity contribution in [3.63, 3.8) is 0 Å². The Bertz CT molecular complexity index is 727. The van der Waals surface area contributed by atoms with Crippen molar-refractivity contribution in [1.82, 2.24) is 10.3 Å². The molecule has 1 amide bonds. The topological polar surface area (TPSA) is 42.0 Å². The molecular formula is C17H18Cl2N2O. The number of carbonyl (C=O) groups is 1. The van der Waals surface area contributed by atoms with Gasteiger partial charge in [0.1, 0.15) is 0 Å². The van der Waals surface area contributed by atoms with E-state index >= 15 is 0 Å². The molecule has 116 valence electrons. The number of rotatable bonds is 3. The predicted molar refractivity (Wildman–Crippen MR) is 90.7 cm³/mol. The highest BCUT2D eigenvalue weighted by atomic mass is 35.5. The Labute approximate surface area is 140 Å². The largest absolute Gasteiger partial charge is 0.343 e. The standard InChI is InChI=1S/C17H18Cl2N2O/c1-10-5-7-13(11(2)20-10)16(22)21-17(3,4)12-6-8-14(18)15(19)9-12/h5-9H,1-4H3,(H,21,22). The number of hydrogen-bond donors (Lipinski definition) is 1. The minimum absolute atomic E-state index is 0.166. The summed E-state index contributed by atoms with van der Waals surface area (Å²) in [6.07, 6.45) is 0. The fraction of sp³-hybridized carbons (Fsp3) is 0.294. The van der Waals surface area contributed by atoms with Crippen molar-refractivity contribution in [2.24, 2.45) is 0 Å². The second kappa shape index (κ2) is 6.27. The molecule has 3 nitrogen and oxygen atoms in total. The van der Waals surface area contributed by atoms with Gasteiger partial charge in [-0.2, -0.15) is 0 Å². The molecule has 0 unspecified atom stereocenters. The Kier molecular flexibility index (Phi) is 4.78. The number of aromatic nitrogens is 1. The Morgan fingerprint density at radius 1 is 1.09 bits per heavy atom. The molecule has 2 aromatic rings. The van der Waals surface area contributed by atoms with E-state index in [-0.39, 0.29) is 5.91 Å². The molecule has 0 bridgehead atoms. The van der Waals surface area contributed by atoms with E-state index < -0.39 is 5.54 Å². The lowest BCUT2D eigenvalue weighted by Gasteiger charge is -2.27. The average molecular weight is 337 g/mol. The van der Waals surface area contributed by atoms with E-state index in [4.69, 9.17) is 23.2 Å². The van der Waals surface area contributed by atoms with Gasteiger partial charge in [-0.05, 0) is 57.5 Å². The number of aryl methyl sites for hydroxylation is 2. The van der Waals surface area contributed by atoms with Crippen molar-refractivity contribution in [3.05, 3.63) is 62.9 Å². The van der Waals surface area contributed by atoms with Gasteiger partial charge in [0, 0.05) is 5.69 Å². The molecule has 0 fully saturated rings. The third-order valence-corrected chi connectivity index (χ3v) is 4.28. The van der Waals surface area contributed by atoms with E-state index in [1.807, 2.05) is 39.8 Å². The van der Waals surface area contributed by atoms with Gasteiger partial charge in [0.2, 0.25) is 0 Å². The van der Waals surface area contributed by atoms with Crippen LogP contribution in [0.4, 0.5) is 0 Å². The third kappa shape index (κ3) is 3.60. The summed E-state index contributed by atoms with van der Waals surface area (Å²) in [6, 6.07) is 8.97. The molecule has 0 aliphatic heterocycles. The van der Waals surface area contributed by atoms with Crippen LogP contribution in [0.25, 0.3) is 0 Å². The molecule has 1 aromatic carbocycles. The zero-order valence-corrected chi connectivity index (χ0v) is 14.5. The molecule has 22 heavy (non-hydrogen) atoms. The fourth-order valence-corrected chi connectivity index (χ4v) is 2.53. The highest BCUT2D eigenvalue weighted by Gasteiger charge is 2.25. The van der Waals surface area contributed by atoms with E-state index in [2.05, 4.69) is 10.3 Å². The van der Waals surface area contributed by atoms with Gasteiger partial charge in [0.15, 0.2) is 0 Å². The smallest absolute Gasteiger partial charge is 0.253 e. The monoisotopic (exact) mass is 336 g/mol. The molecule has 5 heteroatoms. The first kappa shape index (κ1) is 16.8. The number of nitrogens with zero attached hydrogens (tertiary/aromatic N) is 1. The second-order valence-corrected chi connectivity index (χ2v) is 6.61. The van der Waals surface area contributed by atoms with Gasteiger partial charge in [-0.15, -0.1) is 0 Å². The number of halogens is 2. The van der Waals surface area contributed by atoms with Crippen LogP contribution in [-0.2, 0) is 5.54 Å². The van der Waals surface area contributed by atoms with E-state index in [9.17, 15) is 4.79 Å². The van der Waals surface area contributed by atoms with E-state index in [0.29, 0.717) is 21.3 Å². The highest BCUT2D eigenvalue weighted by Crippen LogP contribution is 2.28. The summed E-state index contributed by atoms with van der Waals surface area (Å²) in [5.74, 6) is -0.166. The molecule has 0 aliphatic rings. The summed E-state index contributed by atoms with van der Waals surface area (Å²) in [6.45, 7) is 7.56. The van der Waals surface area contributed by atoms with Crippen molar-refractivity contribution in [3.8, 4) is 0 Å². The van der Waals surface area contributed by atoms with Crippen molar-refractivity contribution in [1.29, 1.82) is 0 Å². The van der Waals surface area contributed by atoms with E-state index in [1.54, 1.807) is 18.2 Å². The number of benzene rings is 1. The van der Waals surface area contributed by atoms with Gasteiger partial charge in [0.25, 0.3) is 5.91 Å². The van der Waals surface area contributed by atoms with Crippen LogP contribution >= 0.6 is 23.2 Å². The van der Waals surface area contributed by atoms with Gasteiger partial charge in [-0.25, -0.2) is 0 Å². The van der Waals surface area contributed by atoms with Crippen LogP contribution in [0.3, 0.4) is 0 Å². The molecule has 0 aliphatic carbocycles. The molecule has 0 saturated heterocycles. The van der Waals surface area contributed by atoms with Crippen molar-refractivity contribution < 1.29 is 4.79 Å². The average Bonchev–Trinajstić information content (AvgIpc) is 2.40. The lowest BCUT2D eigenvalue weighted by atomic mass is 9.93. The molecule has 0 saturated carbocycles. The summed E-state index contributed by atoms with van der Waals surface area (Å²) >= 11 is 12.0. The summed E-state index contributed by atoms with van der Waals surface area (Å²) in [5.41, 5.74) is 2.47. The van der Waals surface area contributed by atoms with Crippen molar-refractivity contribution in [2.75, 3.05) is 0 Å². The Morgan fingerprint density at radius 2 is 1.77 bits per heavy atom. The Morgan fingerprint density at radius 3 is 2.36 bits per heavy atom. The SMILES string of the molecule is Cc1ccc(C(=O)NC(C)(C)c2ccc(Cl)c(Cl)c2)c(C)n1. The lowest BCUT2D eigenvalue weighted by Crippen LogP contribution is -2.41. The van der Waals surface area contributed by atoms with E-state index in [0.717, 1.165) is 11.3 Å². The third-order valence-electron chi connectivity index (χ3n) is 3.54. The number of amides is 1. The van der Waals surface area contributed by atoms with Gasteiger partial charge in [0.05, 0.1) is 26.8 Å². The van der Waals surface area contributed by atoms with Gasteiger partial charge >= 0.3 is 0 Å². The van der Waals surface area contributed by atoms with Crippen LogP contribution in [0.15, 0.2) is 30.3 Å². The Hall–Kier alpha value is -1.58. The van der Waals surface area contributed by atoms with Crippen LogP contribution in [0.1, 0.15) is 41.2 Å². The normalized spacial score (nSPS) is 11.4. The number of hydrogen-bond acceptors (Lipinski definition) is 2. The van der Waals surface area contributed by atoms with E-state index in [1.165, 1.54) is 0 Å². The van der Waals surface area contributed by atoms with Crippen LogP contribution in [-0.4, -0.2) is 10.9 Å². The molecule has 1 aromatic heterocycles. The fourth-order valence-electron chi connectivity index (χ4n) is 2.23. The van der Waals surface area contributed by atoms with Crippen molar-refractivity contribution >= 4 is 29.1 Å². The number of nitrogens with one attached hydrogen (secondary N) is 1. The molecule has 2 rings (SSSR count). The summed E-state index contributed by atoms with van der Waals surface area (Å²) in [5, 5.41) is 3.97. The van der Waals surface area contributed by atoms with Crippen LogP contribution < -0.4 is 5.32 Å². The van der Waals surface area contributed by atoms with Crippen LogP contribution in [0.2, 0.25) is 10.0 Å². The van der Waals surface area contributed by atoms with Gasteiger partial charge in [-0.1, -0.05) is 29.3 Å². The Balaban J connectivity index is 2.27. The second-order valence-electron chi connectivity index (χ2n) is 5.79. The number of pyridine rings is 1. The first-order valence-corrected chi connectivity index (χ1v) is 7.68. The summed E-state index contributed by atoms with van der Waals surface area (Å²) in [7, 11) is 0. The summed E-state index contributed by atoms with van der Waals surface area (Å²) < 4.78 is 0. The maximum absolute atomic E-state index is 12.5. The first-order valence-electron chi connectivity index (χ1n) is 6.93. The maximum atomic E-state index is 12.5. The number of carbonyl (C=O) groups excluding carboxylic acids is 1. The molecular weight excluding hydrogens is 319 g/mol. The minimum Gasteiger partial charge on any atom is -0.343 e. The van der Waals surface area contributed by atoms with Gasteiger partial charge < -0.3 is 5.32 Å². The first-order chi connectivity index (χ1) is 10.2. The van der Waals surface area contributed by atoms with Gasteiger partial charge in [-0.3, -0.25) is 9.78 Å². The molecule has 0 atom stereocenters. The molecule has 1 N–H and O–H groups in total.